The fraction of sp³-hybridized carbons (Fsp3) is 0.407. The molecule has 0 aromatic heterocycles. The van der Waals surface area contributed by atoms with Gasteiger partial charge in [-0.15, -0.1) is 6.58 Å². The maximum absolute atomic E-state index is 14.7. The number of benzene rings is 2. The van der Waals surface area contributed by atoms with Gasteiger partial charge in [-0.05, 0) is 73.3 Å². The molecule has 0 spiro atoms. The van der Waals surface area contributed by atoms with Gasteiger partial charge in [0.1, 0.15) is 0 Å². The van der Waals surface area contributed by atoms with Crippen LogP contribution in [0.3, 0.4) is 0 Å². The van der Waals surface area contributed by atoms with E-state index < -0.39 is 11.6 Å². The maximum Gasteiger partial charge on any atom is 0.201 e. The molecule has 0 amide bonds. The Bertz CT molecular complexity index is 867. The van der Waals surface area contributed by atoms with E-state index in [1.807, 2.05) is 6.08 Å². The summed E-state index contributed by atoms with van der Waals surface area (Å²) in [6.45, 7) is 6.28. The molecular weight excluding hydrogens is 378 g/mol. The number of unbranched alkanes of at least 4 members (excludes halogenated alkanes) is 2. The average Bonchev–Trinajstić information content (AvgIpc) is 2.78. The van der Waals surface area contributed by atoms with Crippen LogP contribution < -0.4 is 4.74 Å². The van der Waals surface area contributed by atoms with Crippen LogP contribution >= 0.6 is 0 Å². The zero-order chi connectivity index (χ0) is 21.3. The van der Waals surface area contributed by atoms with Gasteiger partial charge in [0, 0.05) is 5.56 Å². The molecule has 0 N–H and O–H groups in total. The van der Waals surface area contributed by atoms with Crippen molar-refractivity contribution < 1.29 is 13.5 Å². The van der Waals surface area contributed by atoms with E-state index in [1.165, 1.54) is 11.1 Å². The fourth-order valence-electron chi connectivity index (χ4n) is 4.03. The number of allylic oxidation sites excluding steroid dienone is 3. The first-order valence-corrected chi connectivity index (χ1v) is 11.1. The molecule has 1 aliphatic rings. The standard InChI is InChI=1S/C27H32F2O/c1-3-5-7-19-30-25-18-17-24(26(28)27(25)29)23-15-13-22(14-16-23)21-11-9-20(10-12-21)8-6-4-2/h4,9-12,15,17-18,22H,2-3,5-8,13-14,16,19H2,1H3. The van der Waals surface area contributed by atoms with Gasteiger partial charge in [-0.25, -0.2) is 4.39 Å². The molecule has 30 heavy (non-hydrogen) atoms. The summed E-state index contributed by atoms with van der Waals surface area (Å²) in [6.07, 6.45) is 11.5. The summed E-state index contributed by atoms with van der Waals surface area (Å²) in [7, 11) is 0. The van der Waals surface area contributed by atoms with E-state index in [-0.39, 0.29) is 5.75 Å². The Hall–Kier alpha value is -2.42. The highest BCUT2D eigenvalue weighted by atomic mass is 19.2. The highest BCUT2D eigenvalue weighted by Crippen LogP contribution is 2.38. The highest BCUT2D eigenvalue weighted by molar-refractivity contribution is 5.68. The summed E-state index contributed by atoms with van der Waals surface area (Å²) in [5.41, 5.74) is 3.89. The first-order chi connectivity index (χ1) is 14.6. The number of hydrogen-bond acceptors (Lipinski definition) is 1. The van der Waals surface area contributed by atoms with Gasteiger partial charge in [0.15, 0.2) is 11.6 Å². The molecule has 1 atom stereocenters. The average molecular weight is 411 g/mol. The third-order valence-electron chi connectivity index (χ3n) is 5.90. The third kappa shape index (κ3) is 5.59. The molecule has 1 unspecified atom stereocenters. The number of hydrogen-bond donors (Lipinski definition) is 0. The number of rotatable bonds is 10. The van der Waals surface area contributed by atoms with Crippen LogP contribution in [0.25, 0.3) is 5.57 Å². The van der Waals surface area contributed by atoms with Crippen LogP contribution in [0.2, 0.25) is 0 Å². The lowest BCUT2D eigenvalue weighted by atomic mass is 9.82. The molecule has 0 saturated heterocycles. The number of halogens is 2. The van der Waals surface area contributed by atoms with Crippen molar-refractivity contribution in [3.05, 3.63) is 83.5 Å². The zero-order valence-corrected chi connectivity index (χ0v) is 17.9. The second kappa shape index (κ2) is 11.1. The van der Waals surface area contributed by atoms with Crippen molar-refractivity contribution in [1.82, 2.24) is 0 Å². The summed E-state index contributed by atoms with van der Waals surface area (Å²) in [6, 6.07) is 12.0. The predicted octanol–water partition coefficient (Wildman–Crippen LogP) is 8.00. The molecule has 160 valence electrons. The summed E-state index contributed by atoms with van der Waals surface area (Å²) in [5.74, 6) is -1.23. The Morgan fingerprint density at radius 1 is 1.07 bits per heavy atom. The van der Waals surface area contributed by atoms with Gasteiger partial charge >= 0.3 is 0 Å². The molecule has 0 saturated carbocycles. The Morgan fingerprint density at radius 3 is 2.53 bits per heavy atom. The minimum absolute atomic E-state index is 0.0122. The van der Waals surface area contributed by atoms with E-state index in [0.29, 0.717) is 18.1 Å². The monoisotopic (exact) mass is 410 g/mol. The Balaban J connectivity index is 1.64. The smallest absolute Gasteiger partial charge is 0.201 e. The lowest BCUT2D eigenvalue weighted by Gasteiger charge is -2.23. The first-order valence-electron chi connectivity index (χ1n) is 11.1. The number of aryl methyl sites for hydroxylation is 1. The molecule has 1 nitrogen and oxygen atoms in total. The predicted molar refractivity (Wildman–Crippen MR) is 121 cm³/mol. The third-order valence-corrected chi connectivity index (χ3v) is 5.90. The van der Waals surface area contributed by atoms with Gasteiger partial charge in [-0.2, -0.15) is 4.39 Å². The lowest BCUT2D eigenvalue weighted by Crippen LogP contribution is -2.07. The normalized spacial score (nSPS) is 16.2. The van der Waals surface area contributed by atoms with Crippen molar-refractivity contribution in [3.63, 3.8) is 0 Å². The summed E-state index contributed by atoms with van der Waals surface area (Å²) < 4.78 is 34.6. The maximum atomic E-state index is 14.7. The van der Waals surface area contributed by atoms with Crippen LogP contribution in [0.1, 0.15) is 74.5 Å². The van der Waals surface area contributed by atoms with Gasteiger partial charge < -0.3 is 4.74 Å². The van der Waals surface area contributed by atoms with E-state index in [0.717, 1.165) is 56.9 Å². The van der Waals surface area contributed by atoms with Crippen LogP contribution in [0.4, 0.5) is 8.78 Å². The van der Waals surface area contributed by atoms with E-state index in [2.05, 4.69) is 43.8 Å². The van der Waals surface area contributed by atoms with E-state index in [1.54, 1.807) is 12.1 Å². The van der Waals surface area contributed by atoms with E-state index in [9.17, 15) is 8.78 Å². The van der Waals surface area contributed by atoms with Crippen LogP contribution in [0.5, 0.6) is 5.75 Å². The number of ether oxygens (including phenoxy) is 1. The molecule has 0 bridgehead atoms. The molecule has 2 aromatic rings. The molecule has 0 aliphatic heterocycles. The lowest BCUT2D eigenvalue weighted by molar-refractivity contribution is 0.286. The fourth-order valence-corrected chi connectivity index (χ4v) is 4.03. The van der Waals surface area contributed by atoms with Crippen LogP contribution in [-0.2, 0) is 6.42 Å². The first kappa shape index (κ1) is 22.3. The molecule has 2 aromatic carbocycles. The summed E-state index contributed by atoms with van der Waals surface area (Å²) >= 11 is 0. The molecule has 0 fully saturated rings. The second-order valence-electron chi connectivity index (χ2n) is 8.06. The van der Waals surface area contributed by atoms with Crippen molar-refractivity contribution in [3.8, 4) is 5.75 Å². The van der Waals surface area contributed by atoms with Crippen molar-refractivity contribution in [2.75, 3.05) is 6.61 Å². The van der Waals surface area contributed by atoms with Gasteiger partial charge in [0.25, 0.3) is 0 Å². The van der Waals surface area contributed by atoms with Gasteiger partial charge in [-0.3, -0.25) is 0 Å². The van der Waals surface area contributed by atoms with Crippen molar-refractivity contribution >= 4 is 5.57 Å². The largest absolute Gasteiger partial charge is 0.490 e. The molecule has 3 rings (SSSR count). The molecule has 0 radical (unpaired) electrons. The van der Waals surface area contributed by atoms with Crippen LogP contribution in [0.15, 0.2) is 55.1 Å². The van der Waals surface area contributed by atoms with Gasteiger partial charge in [0.2, 0.25) is 5.82 Å². The topological polar surface area (TPSA) is 9.23 Å². The zero-order valence-electron chi connectivity index (χ0n) is 17.9. The minimum atomic E-state index is -0.873. The molecule has 1 aliphatic carbocycles. The van der Waals surface area contributed by atoms with Crippen molar-refractivity contribution in [2.24, 2.45) is 0 Å². The molecular formula is C27H32F2O. The highest BCUT2D eigenvalue weighted by Gasteiger charge is 2.22. The SMILES string of the molecule is C=CCCc1ccc(C2CC=C(c3ccc(OCCCCC)c(F)c3F)CC2)cc1. The second-order valence-corrected chi connectivity index (χ2v) is 8.06. The van der Waals surface area contributed by atoms with Crippen molar-refractivity contribution in [2.45, 2.75) is 64.2 Å². The van der Waals surface area contributed by atoms with E-state index >= 15 is 0 Å². The van der Waals surface area contributed by atoms with Gasteiger partial charge in [-0.1, -0.05) is 56.2 Å². The summed E-state index contributed by atoms with van der Waals surface area (Å²) in [5, 5.41) is 0. The van der Waals surface area contributed by atoms with Crippen molar-refractivity contribution in [1.29, 1.82) is 0 Å². The minimum Gasteiger partial charge on any atom is -0.490 e. The Morgan fingerprint density at radius 2 is 1.87 bits per heavy atom. The van der Waals surface area contributed by atoms with E-state index in [4.69, 9.17) is 4.74 Å². The van der Waals surface area contributed by atoms with Crippen LogP contribution in [0, 0.1) is 11.6 Å². The molecule has 0 heterocycles. The Kier molecular flexibility index (Phi) is 8.24. The summed E-state index contributed by atoms with van der Waals surface area (Å²) in [4.78, 5) is 0. The van der Waals surface area contributed by atoms with Gasteiger partial charge in [0.05, 0.1) is 6.61 Å². The Labute approximate surface area is 179 Å². The quantitative estimate of drug-likeness (QED) is 0.285. The van der Waals surface area contributed by atoms with Crippen LogP contribution in [-0.4, -0.2) is 6.61 Å². The molecule has 3 heteroatoms.